The third kappa shape index (κ3) is 4.61. The zero-order valence-electron chi connectivity index (χ0n) is 16.3. The van der Waals surface area contributed by atoms with Gasteiger partial charge in [-0.3, -0.25) is 4.79 Å². The maximum atomic E-state index is 12.7. The molecule has 1 aliphatic heterocycles. The van der Waals surface area contributed by atoms with E-state index < -0.39 is 15.9 Å². The number of hydrogen-bond acceptors (Lipinski definition) is 5. The van der Waals surface area contributed by atoms with Crippen molar-refractivity contribution in [3.63, 3.8) is 0 Å². The minimum Gasteiger partial charge on any atom is -0.451 e. The number of rotatable bonds is 6. The number of carbonyl (C=O) groups excluding carboxylic acids is 1. The summed E-state index contributed by atoms with van der Waals surface area (Å²) in [6, 6.07) is 16.5. The second-order valence-electron chi connectivity index (χ2n) is 7.09. The first-order chi connectivity index (χ1) is 14.4. The molecule has 1 N–H and O–H groups in total. The van der Waals surface area contributed by atoms with E-state index in [0.29, 0.717) is 36.8 Å². The van der Waals surface area contributed by atoms with E-state index >= 15 is 0 Å². The van der Waals surface area contributed by atoms with E-state index in [1.54, 1.807) is 12.1 Å². The van der Waals surface area contributed by atoms with Crippen LogP contribution in [0, 0.1) is 0 Å². The van der Waals surface area contributed by atoms with Crippen molar-refractivity contribution in [3.05, 3.63) is 65.4 Å². The minimum absolute atomic E-state index is 0.0206. The van der Waals surface area contributed by atoms with Gasteiger partial charge in [0.1, 0.15) is 5.58 Å². The van der Waals surface area contributed by atoms with Crippen LogP contribution in [-0.4, -0.2) is 57.1 Å². The summed E-state index contributed by atoms with van der Waals surface area (Å²) in [6.45, 7) is 1.99. The van der Waals surface area contributed by atoms with Crippen molar-refractivity contribution in [2.24, 2.45) is 0 Å². The van der Waals surface area contributed by atoms with Gasteiger partial charge >= 0.3 is 0 Å². The fourth-order valence-electron chi connectivity index (χ4n) is 3.50. The molecule has 0 radical (unpaired) electrons. The lowest BCUT2D eigenvalue weighted by Gasteiger charge is -2.35. The summed E-state index contributed by atoms with van der Waals surface area (Å²) in [6.07, 6.45) is 0. The number of piperazine rings is 1. The van der Waals surface area contributed by atoms with E-state index in [0.717, 1.165) is 11.1 Å². The summed E-state index contributed by atoms with van der Waals surface area (Å²) < 4.78 is 32.3. The van der Waals surface area contributed by atoms with Crippen LogP contribution in [0.15, 0.2) is 59.0 Å². The number of amides is 1. The molecule has 0 bridgehead atoms. The summed E-state index contributed by atoms with van der Waals surface area (Å²) in [7, 11) is -3.46. The van der Waals surface area contributed by atoms with Gasteiger partial charge in [0.25, 0.3) is 5.91 Å². The topological polar surface area (TPSA) is 82.9 Å². The molecule has 1 aliphatic rings. The van der Waals surface area contributed by atoms with Crippen LogP contribution in [-0.2, 0) is 10.0 Å². The van der Waals surface area contributed by atoms with Gasteiger partial charge in [0.2, 0.25) is 10.0 Å². The molecule has 2 heterocycles. The lowest BCUT2D eigenvalue weighted by Crippen LogP contribution is -2.50. The van der Waals surface area contributed by atoms with Crippen LogP contribution in [0.5, 0.6) is 0 Å². The van der Waals surface area contributed by atoms with Gasteiger partial charge in [-0.05, 0) is 30.3 Å². The van der Waals surface area contributed by atoms with E-state index in [4.69, 9.17) is 16.0 Å². The zero-order valence-corrected chi connectivity index (χ0v) is 17.8. The molecule has 0 spiro atoms. The number of fused-ring (bicyclic) bond motifs is 1. The lowest BCUT2D eigenvalue weighted by atomic mass is 10.2. The first-order valence-electron chi connectivity index (χ1n) is 9.67. The second-order valence-corrected chi connectivity index (χ2v) is 9.61. The molecule has 1 aromatic heterocycles. The van der Waals surface area contributed by atoms with E-state index in [1.807, 2.05) is 42.5 Å². The van der Waals surface area contributed by atoms with Gasteiger partial charge in [-0.25, -0.2) is 8.42 Å². The molecule has 0 saturated carbocycles. The molecular formula is C21H22ClN3O4S. The standard InChI is InChI=1S/C21H22ClN3O4S/c22-17-5-3-6-18(15-17)24-9-11-25(12-10-24)30(27,28)13-8-23-21(26)20-14-16-4-1-2-7-19(16)29-20/h1-7,14-15H,8-13H2,(H,23,26). The summed E-state index contributed by atoms with van der Waals surface area (Å²) in [5.74, 6) is -0.410. The summed E-state index contributed by atoms with van der Waals surface area (Å²) >= 11 is 6.04. The normalized spacial score (nSPS) is 15.4. The highest BCUT2D eigenvalue weighted by molar-refractivity contribution is 7.89. The predicted octanol–water partition coefficient (Wildman–Crippen LogP) is 2.97. The molecule has 1 saturated heterocycles. The van der Waals surface area contributed by atoms with Crippen LogP contribution < -0.4 is 10.2 Å². The van der Waals surface area contributed by atoms with Gasteiger partial charge < -0.3 is 14.6 Å². The van der Waals surface area contributed by atoms with Gasteiger partial charge in [-0.2, -0.15) is 4.31 Å². The van der Waals surface area contributed by atoms with Crippen LogP contribution in [0.4, 0.5) is 5.69 Å². The van der Waals surface area contributed by atoms with Crippen molar-refractivity contribution in [2.45, 2.75) is 0 Å². The number of halogens is 1. The molecule has 9 heteroatoms. The Morgan fingerprint density at radius 2 is 1.80 bits per heavy atom. The Morgan fingerprint density at radius 3 is 2.53 bits per heavy atom. The van der Waals surface area contributed by atoms with Crippen LogP contribution in [0.2, 0.25) is 5.02 Å². The highest BCUT2D eigenvalue weighted by Gasteiger charge is 2.27. The molecule has 0 aliphatic carbocycles. The Kier molecular flexibility index (Phi) is 5.99. The zero-order chi connectivity index (χ0) is 21.1. The highest BCUT2D eigenvalue weighted by atomic mass is 35.5. The molecule has 3 aromatic rings. The number of furan rings is 1. The van der Waals surface area contributed by atoms with E-state index in [9.17, 15) is 13.2 Å². The molecule has 30 heavy (non-hydrogen) atoms. The molecule has 0 atom stereocenters. The number of sulfonamides is 1. The van der Waals surface area contributed by atoms with Crippen LogP contribution >= 0.6 is 11.6 Å². The summed E-state index contributed by atoms with van der Waals surface area (Å²) in [5, 5.41) is 4.11. The average molecular weight is 448 g/mol. The number of nitrogens with zero attached hydrogens (tertiary/aromatic N) is 2. The predicted molar refractivity (Wildman–Crippen MR) is 118 cm³/mol. The fraction of sp³-hybridized carbons (Fsp3) is 0.286. The number of hydrogen-bond donors (Lipinski definition) is 1. The third-order valence-corrected chi connectivity index (χ3v) is 7.21. The Morgan fingerprint density at radius 1 is 1.03 bits per heavy atom. The van der Waals surface area contributed by atoms with Crippen LogP contribution in [0.1, 0.15) is 10.6 Å². The highest BCUT2D eigenvalue weighted by Crippen LogP contribution is 2.22. The lowest BCUT2D eigenvalue weighted by molar-refractivity contribution is 0.0930. The summed E-state index contributed by atoms with van der Waals surface area (Å²) in [5.41, 5.74) is 1.60. The maximum Gasteiger partial charge on any atom is 0.287 e. The molecular weight excluding hydrogens is 426 g/mol. The van der Waals surface area contributed by atoms with Crippen molar-refractivity contribution in [3.8, 4) is 0 Å². The first kappa shape index (κ1) is 20.7. The number of carbonyl (C=O) groups is 1. The number of nitrogens with one attached hydrogen (secondary N) is 1. The first-order valence-corrected chi connectivity index (χ1v) is 11.7. The van der Waals surface area contributed by atoms with Crippen LogP contribution in [0.3, 0.4) is 0 Å². The monoisotopic (exact) mass is 447 g/mol. The van der Waals surface area contributed by atoms with Crippen molar-refractivity contribution < 1.29 is 17.6 Å². The Balaban J connectivity index is 1.29. The summed E-state index contributed by atoms with van der Waals surface area (Å²) in [4.78, 5) is 14.4. The van der Waals surface area contributed by atoms with Gasteiger partial charge in [0.15, 0.2) is 5.76 Å². The van der Waals surface area contributed by atoms with Crippen molar-refractivity contribution in [1.82, 2.24) is 9.62 Å². The van der Waals surface area contributed by atoms with Crippen molar-refractivity contribution in [2.75, 3.05) is 43.4 Å². The van der Waals surface area contributed by atoms with Gasteiger partial charge in [-0.15, -0.1) is 0 Å². The molecule has 1 fully saturated rings. The van der Waals surface area contributed by atoms with Crippen molar-refractivity contribution in [1.29, 1.82) is 0 Å². The Bertz CT molecular complexity index is 1120. The molecule has 1 amide bonds. The largest absolute Gasteiger partial charge is 0.451 e. The molecule has 4 rings (SSSR count). The number of benzene rings is 2. The van der Waals surface area contributed by atoms with Gasteiger partial charge in [0, 0.05) is 48.8 Å². The maximum absolute atomic E-state index is 12.7. The van der Waals surface area contributed by atoms with E-state index in [-0.39, 0.29) is 18.1 Å². The number of anilines is 1. The van der Waals surface area contributed by atoms with E-state index in [2.05, 4.69) is 10.2 Å². The third-order valence-electron chi connectivity index (χ3n) is 5.10. The number of para-hydroxylation sites is 1. The Labute approximate surface area is 180 Å². The quantitative estimate of drug-likeness (QED) is 0.628. The fourth-order valence-corrected chi connectivity index (χ4v) is 5.02. The van der Waals surface area contributed by atoms with Crippen molar-refractivity contribution >= 4 is 44.2 Å². The molecule has 2 aromatic carbocycles. The SMILES string of the molecule is O=C(NCCS(=O)(=O)N1CCN(c2cccc(Cl)c2)CC1)c1cc2ccccc2o1. The van der Waals surface area contributed by atoms with Gasteiger partial charge in [-0.1, -0.05) is 35.9 Å². The van der Waals surface area contributed by atoms with Gasteiger partial charge in [0.05, 0.1) is 5.75 Å². The average Bonchev–Trinajstić information content (AvgIpc) is 3.18. The Hall–Kier alpha value is -2.55. The second kappa shape index (κ2) is 8.67. The molecule has 158 valence electrons. The van der Waals surface area contributed by atoms with Crippen LogP contribution in [0.25, 0.3) is 11.0 Å². The smallest absolute Gasteiger partial charge is 0.287 e. The molecule has 0 unspecified atom stereocenters. The molecule has 7 nitrogen and oxygen atoms in total. The minimum atomic E-state index is -3.46. The van der Waals surface area contributed by atoms with E-state index in [1.165, 1.54) is 4.31 Å².